The number of amides is 3. The van der Waals surface area contributed by atoms with Gasteiger partial charge >= 0.3 is 0 Å². The molecule has 11 heteroatoms. The van der Waals surface area contributed by atoms with Gasteiger partial charge in [0.1, 0.15) is 11.9 Å². The van der Waals surface area contributed by atoms with Crippen LogP contribution in [-0.2, 0) is 4.79 Å². The Hall–Kier alpha value is -2.35. The first kappa shape index (κ1) is 24.3. The molecular weight excluding hydrogens is 561 g/mol. The predicted molar refractivity (Wildman–Crippen MR) is 134 cm³/mol. The standard InChI is InChI=1S/C24H12Cl5FN2O3/c1-9-2-5-11(25)8-13(9)31-20(10-3-6-12(30)7-4-10)21(24(31)35)32-22(33)14-15(23(32)34)17(27)19(29)18(28)16(14)26/h2-8,20-21H,1H3/t20-,21+/m1/s1. The molecule has 0 saturated carbocycles. The largest absolute Gasteiger partial charge is 0.300 e. The van der Waals surface area contributed by atoms with Gasteiger partial charge in [-0.05, 0) is 42.3 Å². The van der Waals surface area contributed by atoms with Crippen LogP contribution in [0.5, 0.6) is 0 Å². The van der Waals surface area contributed by atoms with Crippen LogP contribution in [0.1, 0.15) is 37.9 Å². The van der Waals surface area contributed by atoms with Crippen molar-refractivity contribution in [3.05, 3.63) is 95.6 Å². The molecule has 35 heavy (non-hydrogen) atoms. The number of hydrogen-bond acceptors (Lipinski definition) is 3. The second kappa shape index (κ2) is 8.64. The third-order valence-electron chi connectivity index (χ3n) is 6.12. The Labute approximate surface area is 223 Å². The van der Waals surface area contributed by atoms with Crippen molar-refractivity contribution in [3.63, 3.8) is 0 Å². The van der Waals surface area contributed by atoms with E-state index >= 15 is 0 Å². The van der Waals surface area contributed by atoms with Gasteiger partial charge in [-0.3, -0.25) is 19.3 Å². The van der Waals surface area contributed by atoms with Crippen molar-refractivity contribution in [2.75, 3.05) is 4.90 Å². The number of carbonyl (C=O) groups is 3. The van der Waals surface area contributed by atoms with E-state index in [0.717, 1.165) is 10.5 Å². The Morgan fingerprint density at radius 3 is 1.80 bits per heavy atom. The Morgan fingerprint density at radius 2 is 1.26 bits per heavy atom. The quantitative estimate of drug-likeness (QED) is 0.145. The van der Waals surface area contributed by atoms with E-state index < -0.39 is 35.6 Å². The van der Waals surface area contributed by atoms with Gasteiger partial charge in [-0.15, -0.1) is 0 Å². The molecule has 178 valence electrons. The van der Waals surface area contributed by atoms with Crippen molar-refractivity contribution in [2.45, 2.75) is 19.0 Å². The molecule has 1 fully saturated rings. The molecule has 0 unspecified atom stereocenters. The number of hydrogen-bond donors (Lipinski definition) is 0. The van der Waals surface area contributed by atoms with Crippen LogP contribution in [0.2, 0.25) is 25.1 Å². The Kier molecular flexibility index (Phi) is 6.01. The second-order valence-corrected chi connectivity index (χ2v) is 10.0. The number of nitrogens with zero attached hydrogens (tertiary/aromatic N) is 2. The number of fused-ring (bicyclic) bond motifs is 1. The summed E-state index contributed by atoms with van der Waals surface area (Å²) in [6.07, 6.45) is 0. The molecule has 3 aromatic carbocycles. The van der Waals surface area contributed by atoms with Gasteiger partial charge in [0, 0.05) is 10.7 Å². The molecule has 2 heterocycles. The minimum absolute atomic E-state index is 0.175. The van der Waals surface area contributed by atoms with Crippen molar-refractivity contribution in [1.29, 1.82) is 0 Å². The van der Waals surface area contributed by atoms with Crippen LogP contribution in [0.3, 0.4) is 0 Å². The number of aryl methyl sites for hydroxylation is 1. The second-order valence-electron chi connectivity index (χ2n) is 8.07. The van der Waals surface area contributed by atoms with Gasteiger partial charge in [-0.25, -0.2) is 4.39 Å². The Bertz CT molecular complexity index is 1410. The number of anilines is 1. The normalized spacial score (nSPS) is 19.3. The average Bonchev–Trinajstić information content (AvgIpc) is 3.08. The van der Waals surface area contributed by atoms with Gasteiger partial charge in [-0.1, -0.05) is 76.2 Å². The first-order chi connectivity index (χ1) is 16.5. The molecular formula is C24H12Cl5FN2O3. The maximum Gasteiger partial charge on any atom is 0.264 e. The molecule has 1 saturated heterocycles. The van der Waals surface area contributed by atoms with E-state index in [0.29, 0.717) is 16.3 Å². The maximum absolute atomic E-state index is 13.7. The zero-order chi connectivity index (χ0) is 25.3. The summed E-state index contributed by atoms with van der Waals surface area (Å²) in [7, 11) is 0. The lowest BCUT2D eigenvalue weighted by molar-refractivity contribution is -0.130. The van der Waals surface area contributed by atoms with Crippen LogP contribution >= 0.6 is 58.0 Å². The molecule has 0 spiro atoms. The van der Waals surface area contributed by atoms with E-state index in [2.05, 4.69) is 0 Å². The van der Waals surface area contributed by atoms with Crippen LogP contribution in [0.15, 0.2) is 42.5 Å². The summed E-state index contributed by atoms with van der Waals surface area (Å²) >= 11 is 30.9. The zero-order valence-electron chi connectivity index (χ0n) is 17.6. The van der Waals surface area contributed by atoms with Gasteiger partial charge in [-0.2, -0.15) is 0 Å². The molecule has 0 N–H and O–H groups in total. The first-order valence-corrected chi connectivity index (χ1v) is 12.0. The van der Waals surface area contributed by atoms with E-state index in [1.165, 1.54) is 29.2 Å². The summed E-state index contributed by atoms with van der Waals surface area (Å²) in [5.41, 5.74) is 1.28. The highest BCUT2D eigenvalue weighted by Crippen LogP contribution is 2.49. The summed E-state index contributed by atoms with van der Waals surface area (Å²) < 4.78 is 13.7. The number of rotatable bonds is 3. The van der Waals surface area contributed by atoms with E-state index in [9.17, 15) is 18.8 Å². The van der Waals surface area contributed by atoms with E-state index in [1.54, 1.807) is 25.1 Å². The fourth-order valence-electron chi connectivity index (χ4n) is 4.45. The zero-order valence-corrected chi connectivity index (χ0v) is 21.4. The van der Waals surface area contributed by atoms with E-state index in [1.807, 2.05) is 0 Å². The van der Waals surface area contributed by atoms with Crippen molar-refractivity contribution in [2.24, 2.45) is 0 Å². The van der Waals surface area contributed by atoms with Crippen LogP contribution in [-0.4, -0.2) is 28.7 Å². The van der Waals surface area contributed by atoms with Gasteiger partial charge in [0.2, 0.25) is 0 Å². The van der Waals surface area contributed by atoms with Crippen molar-refractivity contribution < 1.29 is 18.8 Å². The highest BCUT2D eigenvalue weighted by atomic mass is 35.5. The number of carbonyl (C=O) groups excluding carboxylic acids is 3. The predicted octanol–water partition coefficient (Wildman–Crippen LogP) is 7.15. The molecule has 3 amide bonds. The molecule has 0 bridgehead atoms. The van der Waals surface area contributed by atoms with Crippen LogP contribution in [0, 0.1) is 12.7 Å². The van der Waals surface area contributed by atoms with Crippen LogP contribution in [0.25, 0.3) is 0 Å². The number of benzene rings is 3. The molecule has 5 rings (SSSR count). The SMILES string of the molecule is Cc1ccc(Cl)cc1N1C(=O)[C@@H](N2C(=O)c3c(Cl)c(Cl)c(Cl)c(Cl)c3C2=O)[C@H]1c1ccc(F)cc1. The lowest BCUT2D eigenvalue weighted by Gasteiger charge is -2.50. The molecule has 5 nitrogen and oxygen atoms in total. The molecule has 2 aliphatic rings. The van der Waals surface area contributed by atoms with Crippen LogP contribution < -0.4 is 4.90 Å². The Morgan fingerprint density at radius 1 is 0.714 bits per heavy atom. The fourth-order valence-corrected chi connectivity index (χ4v) is 5.63. The third-order valence-corrected chi connectivity index (χ3v) is 8.16. The summed E-state index contributed by atoms with van der Waals surface area (Å²) in [5, 5.41) is -0.421. The molecule has 2 atom stereocenters. The molecule has 0 aromatic heterocycles. The minimum Gasteiger partial charge on any atom is -0.300 e. The number of β-lactam (4-membered cyclic amide) rings is 1. The smallest absolute Gasteiger partial charge is 0.264 e. The fraction of sp³-hybridized carbons (Fsp3) is 0.125. The van der Waals surface area contributed by atoms with E-state index in [-0.39, 0.29) is 31.2 Å². The summed E-state index contributed by atoms with van der Waals surface area (Å²) in [6, 6.07) is 8.37. The average molecular weight is 573 g/mol. The Balaban J connectivity index is 1.65. The van der Waals surface area contributed by atoms with Gasteiger partial charge in [0.25, 0.3) is 17.7 Å². The number of imide groups is 1. The summed E-state index contributed by atoms with van der Waals surface area (Å²) in [4.78, 5) is 42.6. The van der Waals surface area contributed by atoms with Crippen molar-refractivity contribution in [3.8, 4) is 0 Å². The van der Waals surface area contributed by atoms with Gasteiger partial charge in [0.05, 0.1) is 37.3 Å². The maximum atomic E-state index is 13.7. The molecule has 0 radical (unpaired) electrons. The van der Waals surface area contributed by atoms with Crippen LogP contribution in [0.4, 0.5) is 10.1 Å². The lowest BCUT2D eigenvalue weighted by Crippen LogP contribution is -2.67. The monoisotopic (exact) mass is 570 g/mol. The highest BCUT2D eigenvalue weighted by Gasteiger charge is 2.58. The summed E-state index contributed by atoms with van der Waals surface area (Å²) in [5.74, 6) is -2.68. The van der Waals surface area contributed by atoms with Crippen molar-refractivity contribution in [1.82, 2.24) is 4.90 Å². The molecule has 3 aromatic rings. The van der Waals surface area contributed by atoms with Gasteiger partial charge in [0.15, 0.2) is 0 Å². The third kappa shape index (κ3) is 3.54. The first-order valence-electron chi connectivity index (χ1n) is 10.1. The van der Waals surface area contributed by atoms with E-state index in [4.69, 9.17) is 58.0 Å². The molecule has 2 aliphatic heterocycles. The van der Waals surface area contributed by atoms with Crippen molar-refractivity contribution >= 4 is 81.4 Å². The molecule has 0 aliphatic carbocycles. The number of halogens is 6. The lowest BCUT2D eigenvalue weighted by atomic mass is 9.85. The summed E-state index contributed by atoms with van der Waals surface area (Å²) in [6.45, 7) is 1.79. The minimum atomic E-state index is -1.25. The van der Waals surface area contributed by atoms with Gasteiger partial charge < -0.3 is 4.90 Å². The topological polar surface area (TPSA) is 57.7 Å². The highest BCUT2D eigenvalue weighted by molar-refractivity contribution is 6.55.